The van der Waals surface area contributed by atoms with Gasteiger partial charge >= 0.3 is 0 Å². The Balaban J connectivity index is 2.24. The molecule has 0 amide bonds. The predicted molar refractivity (Wildman–Crippen MR) is 63.3 cm³/mol. The van der Waals surface area contributed by atoms with Crippen LogP contribution in [0.25, 0.3) is 0 Å². The second-order valence-electron chi connectivity index (χ2n) is 4.73. The van der Waals surface area contributed by atoms with Gasteiger partial charge in [-0.1, -0.05) is 33.1 Å². The Hall–Kier alpha value is -0.480. The topological polar surface area (TPSA) is 0 Å². The molecule has 1 aliphatic carbocycles. The van der Waals surface area contributed by atoms with Crippen LogP contribution in [-0.4, -0.2) is 0 Å². The molecule has 0 aliphatic heterocycles. The zero-order valence-corrected chi connectivity index (χ0v) is 9.97. The van der Waals surface area contributed by atoms with Gasteiger partial charge < -0.3 is 0 Å². The second-order valence-corrected chi connectivity index (χ2v) is 4.73. The average Bonchev–Trinajstić information content (AvgIpc) is 2.09. The SMILES string of the molecule is CCCC(C)=C=CC1CC(CCC)C1. The maximum absolute atomic E-state index is 3.44. The summed E-state index contributed by atoms with van der Waals surface area (Å²) in [5.74, 6) is 1.87. The Kier molecular flexibility index (Phi) is 5.04. The summed E-state index contributed by atoms with van der Waals surface area (Å²) >= 11 is 0. The van der Waals surface area contributed by atoms with Crippen molar-refractivity contribution in [1.29, 1.82) is 0 Å². The van der Waals surface area contributed by atoms with E-state index < -0.39 is 0 Å². The fourth-order valence-corrected chi connectivity index (χ4v) is 2.27. The third-order valence-electron chi connectivity index (χ3n) is 3.16. The molecule has 1 saturated carbocycles. The molecule has 0 heteroatoms. The highest BCUT2D eigenvalue weighted by Gasteiger charge is 2.25. The van der Waals surface area contributed by atoms with Gasteiger partial charge in [0.15, 0.2) is 0 Å². The van der Waals surface area contributed by atoms with Gasteiger partial charge in [0.05, 0.1) is 0 Å². The van der Waals surface area contributed by atoms with Crippen LogP contribution in [0.3, 0.4) is 0 Å². The zero-order valence-electron chi connectivity index (χ0n) is 9.97. The van der Waals surface area contributed by atoms with Crippen LogP contribution in [0.2, 0.25) is 0 Å². The Morgan fingerprint density at radius 1 is 1.29 bits per heavy atom. The van der Waals surface area contributed by atoms with Gasteiger partial charge in [-0.15, -0.1) is 5.73 Å². The molecule has 14 heavy (non-hydrogen) atoms. The van der Waals surface area contributed by atoms with Gasteiger partial charge in [0, 0.05) is 0 Å². The van der Waals surface area contributed by atoms with Gasteiger partial charge in [-0.25, -0.2) is 0 Å². The summed E-state index contributed by atoms with van der Waals surface area (Å²) in [5, 5.41) is 0. The Morgan fingerprint density at radius 2 is 2.00 bits per heavy atom. The number of allylic oxidation sites excluding steroid dienone is 1. The monoisotopic (exact) mass is 192 g/mol. The Bertz CT molecular complexity index is 212. The van der Waals surface area contributed by atoms with Crippen molar-refractivity contribution in [2.45, 2.75) is 59.3 Å². The molecular weight excluding hydrogens is 168 g/mol. The molecule has 0 radical (unpaired) electrons. The number of hydrogen-bond acceptors (Lipinski definition) is 0. The van der Waals surface area contributed by atoms with Crippen LogP contribution in [0.5, 0.6) is 0 Å². The van der Waals surface area contributed by atoms with Crippen molar-refractivity contribution in [3.05, 3.63) is 17.4 Å². The van der Waals surface area contributed by atoms with E-state index in [4.69, 9.17) is 0 Å². The smallest absolute Gasteiger partial charge is 0.0152 e. The molecule has 0 saturated heterocycles. The molecule has 0 N–H and O–H groups in total. The quantitative estimate of drug-likeness (QED) is 0.553. The third kappa shape index (κ3) is 3.72. The molecular formula is C14H24. The summed E-state index contributed by atoms with van der Waals surface area (Å²) in [6.45, 7) is 6.71. The minimum atomic E-state index is 0.846. The van der Waals surface area contributed by atoms with Gasteiger partial charge in [0.2, 0.25) is 0 Å². The van der Waals surface area contributed by atoms with Crippen LogP contribution < -0.4 is 0 Å². The van der Waals surface area contributed by atoms with Crippen LogP contribution in [0, 0.1) is 11.8 Å². The molecule has 0 nitrogen and oxygen atoms in total. The van der Waals surface area contributed by atoms with E-state index in [2.05, 4.69) is 32.6 Å². The fourth-order valence-electron chi connectivity index (χ4n) is 2.27. The van der Waals surface area contributed by atoms with E-state index in [-0.39, 0.29) is 0 Å². The molecule has 0 unspecified atom stereocenters. The number of rotatable bonds is 5. The molecule has 0 heterocycles. The van der Waals surface area contributed by atoms with Crippen molar-refractivity contribution in [2.75, 3.05) is 0 Å². The van der Waals surface area contributed by atoms with Gasteiger partial charge in [-0.2, -0.15) is 0 Å². The highest BCUT2D eigenvalue weighted by Crippen LogP contribution is 2.37. The van der Waals surface area contributed by atoms with E-state index in [1.54, 1.807) is 0 Å². The lowest BCUT2D eigenvalue weighted by Gasteiger charge is -2.32. The highest BCUT2D eigenvalue weighted by molar-refractivity contribution is 5.02. The van der Waals surface area contributed by atoms with E-state index in [0.29, 0.717) is 0 Å². The summed E-state index contributed by atoms with van der Waals surface area (Å²) in [6, 6.07) is 0. The zero-order chi connectivity index (χ0) is 10.4. The van der Waals surface area contributed by atoms with E-state index in [9.17, 15) is 0 Å². The van der Waals surface area contributed by atoms with Crippen LogP contribution in [-0.2, 0) is 0 Å². The predicted octanol–water partition coefficient (Wildman–Crippen LogP) is 4.71. The van der Waals surface area contributed by atoms with Crippen molar-refractivity contribution in [1.82, 2.24) is 0 Å². The molecule has 0 aromatic heterocycles. The molecule has 0 atom stereocenters. The average molecular weight is 192 g/mol. The van der Waals surface area contributed by atoms with E-state index in [1.165, 1.54) is 44.1 Å². The lowest BCUT2D eigenvalue weighted by molar-refractivity contribution is 0.224. The van der Waals surface area contributed by atoms with Crippen LogP contribution in [0.15, 0.2) is 17.4 Å². The second kappa shape index (κ2) is 6.09. The van der Waals surface area contributed by atoms with Crippen molar-refractivity contribution in [3.63, 3.8) is 0 Å². The van der Waals surface area contributed by atoms with Gasteiger partial charge in [0.1, 0.15) is 0 Å². The van der Waals surface area contributed by atoms with Crippen LogP contribution in [0.1, 0.15) is 59.3 Å². The Labute approximate surface area is 89.1 Å². The summed E-state index contributed by atoms with van der Waals surface area (Å²) in [4.78, 5) is 0. The summed E-state index contributed by atoms with van der Waals surface area (Å²) in [7, 11) is 0. The van der Waals surface area contributed by atoms with Gasteiger partial charge in [0.25, 0.3) is 0 Å². The summed E-state index contributed by atoms with van der Waals surface area (Å²) in [6.07, 6.45) is 10.4. The standard InChI is InChI=1S/C14H24/c1-4-6-12(3)8-9-14-10-13(11-14)7-5-2/h9,13-14H,4-7,10-11H2,1-3H3. The third-order valence-corrected chi connectivity index (χ3v) is 3.16. The first kappa shape index (κ1) is 11.6. The van der Waals surface area contributed by atoms with Crippen molar-refractivity contribution in [2.24, 2.45) is 11.8 Å². The minimum absolute atomic E-state index is 0.846. The molecule has 1 aliphatic rings. The normalized spacial score (nSPS) is 25.1. The number of hydrogen-bond donors (Lipinski definition) is 0. The van der Waals surface area contributed by atoms with E-state index in [0.717, 1.165) is 11.8 Å². The highest BCUT2D eigenvalue weighted by atomic mass is 14.3. The van der Waals surface area contributed by atoms with E-state index in [1.807, 2.05) is 0 Å². The molecule has 0 aromatic rings. The summed E-state index contributed by atoms with van der Waals surface area (Å²) in [5.41, 5.74) is 4.86. The first-order chi connectivity index (χ1) is 6.76. The maximum atomic E-state index is 3.44. The first-order valence-electron chi connectivity index (χ1n) is 6.18. The van der Waals surface area contributed by atoms with Crippen molar-refractivity contribution < 1.29 is 0 Å². The molecule has 0 spiro atoms. The first-order valence-corrected chi connectivity index (χ1v) is 6.18. The molecule has 0 bridgehead atoms. The lowest BCUT2D eigenvalue weighted by Crippen LogP contribution is -2.21. The molecule has 1 fully saturated rings. The maximum Gasteiger partial charge on any atom is -0.0152 e. The molecule has 0 aromatic carbocycles. The van der Waals surface area contributed by atoms with Crippen molar-refractivity contribution >= 4 is 0 Å². The summed E-state index contributed by atoms with van der Waals surface area (Å²) < 4.78 is 0. The van der Waals surface area contributed by atoms with Crippen LogP contribution in [0.4, 0.5) is 0 Å². The minimum Gasteiger partial charge on any atom is -0.126 e. The van der Waals surface area contributed by atoms with Gasteiger partial charge in [-0.05, 0) is 49.7 Å². The molecule has 80 valence electrons. The van der Waals surface area contributed by atoms with Crippen LogP contribution >= 0.6 is 0 Å². The fraction of sp³-hybridized carbons (Fsp3) is 0.786. The van der Waals surface area contributed by atoms with E-state index >= 15 is 0 Å². The Morgan fingerprint density at radius 3 is 2.57 bits per heavy atom. The van der Waals surface area contributed by atoms with Crippen molar-refractivity contribution in [3.8, 4) is 0 Å². The largest absolute Gasteiger partial charge is 0.126 e. The van der Waals surface area contributed by atoms with Gasteiger partial charge in [-0.3, -0.25) is 0 Å². The molecule has 1 rings (SSSR count). The lowest BCUT2D eigenvalue weighted by atomic mass is 9.73.